The number of nitrogens with one attached hydrogen (secondary N) is 1. The molecule has 1 rings (SSSR count). The van der Waals surface area contributed by atoms with Crippen molar-refractivity contribution in [3.8, 4) is 0 Å². The van der Waals surface area contributed by atoms with E-state index >= 15 is 0 Å². The van der Waals surface area contributed by atoms with Gasteiger partial charge < -0.3 is 0 Å². The topological polar surface area (TPSA) is 46.2 Å². The Kier molecular flexibility index (Phi) is 3.59. The molecule has 78 valence electrons. The van der Waals surface area contributed by atoms with Crippen LogP contribution in [0.15, 0.2) is 12.1 Å². The molecule has 0 atom stereocenters. The third-order valence-electron chi connectivity index (χ3n) is 1.31. The Labute approximate surface area is 99.8 Å². The molecule has 0 spiro atoms. The first kappa shape index (κ1) is 12.0. The van der Waals surface area contributed by atoms with Crippen LogP contribution in [0.5, 0.6) is 0 Å². The number of anilines is 1. The molecule has 0 saturated heterocycles. The van der Waals surface area contributed by atoms with Crippen molar-refractivity contribution in [2.24, 2.45) is 0 Å². The van der Waals surface area contributed by atoms with Crippen LogP contribution in [-0.2, 0) is 10.0 Å². The maximum atomic E-state index is 13.0. The van der Waals surface area contributed by atoms with Gasteiger partial charge in [0.2, 0.25) is 10.0 Å². The van der Waals surface area contributed by atoms with E-state index in [1.165, 1.54) is 6.07 Å². The van der Waals surface area contributed by atoms with Crippen molar-refractivity contribution in [1.29, 1.82) is 0 Å². The lowest BCUT2D eigenvalue weighted by Gasteiger charge is -2.07. The first-order chi connectivity index (χ1) is 6.29. The van der Waals surface area contributed by atoms with Gasteiger partial charge in [-0.25, -0.2) is 12.8 Å². The molecule has 0 unspecified atom stereocenters. The van der Waals surface area contributed by atoms with Crippen molar-refractivity contribution in [3.05, 3.63) is 26.5 Å². The molecule has 1 aromatic rings. The van der Waals surface area contributed by atoms with Crippen molar-refractivity contribution in [3.63, 3.8) is 0 Å². The van der Waals surface area contributed by atoms with Crippen LogP contribution in [0.2, 0.25) is 5.02 Å². The Hall–Kier alpha value is -0.0800. The Bertz CT molecular complexity index is 463. The van der Waals surface area contributed by atoms with Gasteiger partial charge in [0.1, 0.15) is 5.82 Å². The van der Waals surface area contributed by atoms with Crippen LogP contribution in [-0.4, -0.2) is 14.7 Å². The highest BCUT2D eigenvalue weighted by Crippen LogP contribution is 2.25. The van der Waals surface area contributed by atoms with E-state index in [9.17, 15) is 12.8 Å². The first-order valence-electron chi connectivity index (χ1n) is 3.42. The lowest BCUT2D eigenvalue weighted by Crippen LogP contribution is -2.10. The van der Waals surface area contributed by atoms with Gasteiger partial charge in [0.25, 0.3) is 0 Å². The van der Waals surface area contributed by atoms with Gasteiger partial charge in [-0.15, -0.1) is 0 Å². The summed E-state index contributed by atoms with van der Waals surface area (Å²) in [5.41, 5.74) is 0.190. The van der Waals surface area contributed by atoms with Crippen LogP contribution < -0.4 is 4.72 Å². The van der Waals surface area contributed by atoms with E-state index in [1.807, 2.05) is 22.6 Å². The van der Waals surface area contributed by atoms with Crippen molar-refractivity contribution >= 4 is 49.9 Å². The van der Waals surface area contributed by atoms with Crippen LogP contribution in [0.1, 0.15) is 0 Å². The Morgan fingerprint density at radius 1 is 1.50 bits per heavy atom. The minimum Gasteiger partial charge on any atom is -0.283 e. The summed E-state index contributed by atoms with van der Waals surface area (Å²) in [4.78, 5) is 0. The van der Waals surface area contributed by atoms with E-state index in [1.54, 1.807) is 0 Å². The molecule has 0 aliphatic heterocycles. The maximum Gasteiger partial charge on any atom is 0.229 e. The summed E-state index contributed by atoms with van der Waals surface area (Å²) < 4.78 is 37.4. The number of benzene rings is 1. The monoisotopic (exact) mass is 349 g/mol. The maximum absolute atomic E-state index is 13.0. The lowest BCUT2D eigenvalue weighted by molar-refractivity contribution is 0.606. The molecule has 1 N–H and O–H groups in total. The minimum absolute atomic E-state index is 0.0338. The average molecular weight is 350 g/mol. The van der Waals surface area contributed by atoms with Crippen molar-refractivity contribution in [2.45, 2.75) is 0 Å². The number of hydrogen-bond donors (Lipinski definition) is 1. The van der Waals surface area contributed by atoms with E-state index in [-0.39, 0.29) is 10.7 Å². The zero-order valence-corrected chi connectivity index (χ0v) is 10.7. The Morgan fingerprint density at radius 3 is 2.57 bits per heavy atom. The summed E-state index contributed by atoms with van der Waals surface area (Å²) in [6.45, 7) is 0. The molecule has 0 aliphatic rings. The van der Waals surface area contributed by atoms with Crippen LogP contribution in [0, 0.1) is 9.39 Å². The minimum atomic E-state index is -3.39. The molecule has 0 radical (unpaired) electrons. The van der Waals surface area contributed by atoms with Gasteiger partial charge >= 0.3 is 0 Å². The molecule has 0 fully saturated rings. The van der Waals surface area contributed by atoms with Gasteiger partial charge in [0.05, 0.1) is 17.0 Å². The van der Waals surface area contributed by atoms with Gasteiger partial charge in [-0.2, -0.15) is 0 Å². The van der Waals surface area contributed by atoms with Gasteiger partial charge in [-0.1, -0.05) is 11.6 Å². The summed E-state index contributed by atoms with van der Waals surface area (Å²) in [5, 5.41) is -0.0338. The van der Waals surface area contributed by atoms with Crippen LogP contribution >= 0.6 is 34.2 Å². The molecule has 0 amide bonds. The highest BCUT2D eigenvalue weighted by atomic mass is 127. The van der Waals surface area contributed by atoms with E-state index in [0.29, 0.717) is 3.57 Å². The average Bonchev–Trinajstić information content (AvgIpc) is 1.97. The van der Waals surface area contributed by atoms with Gasteiger partial charge in [0, 0.05) is 9.64 Å². The summed E-state index contributed by atoms with van der Waals surface area (Å²) in [7, 11) is -3.39. The second-order valence-electron chi connectivity index (χ2n) is 2.62. The Morgan fingerprint density at radius 2 is 2.07 bits per heavy atom. The number of hydrogen-bond acceptors (Lipinski definition) is 2. The van der Waals surface area contributed by atoms with E-state index in [4.69, 9.17) is 11.6 Å². The molecule has 7 heteroatoms. The fourth-order valence-corrected chi connectivity index (χ4v) is 2.50. The van der Waals surface area contributed by atoms with Crippen molar-refractivity contribution < 1.29 is 12.8 Å². The molecule has 1 aromatic carbocycles. The molecular weight excluding hydrogens is 344 g/mol. The third-order valence-corrected chi connectivity index (χ3v) is 3.08. The van der Waals surface area contributed by atoms with Crippen LogP contribution in [0.3, 0.4) is 0 Å². The SMILES string of the molecule is CS(=O)(=O)Nc1cc(F)c(Cl)cc1I. The summed E-state index contributed by atoms with van der Waals surface area (Å²) in [5.74, 6) is -0.654. The summed E-state index contributed by atoms with van der Waals surface area (Å²) in [6, 6.07) is 2.40. The summed E-state index contributed by atoms with van der Waals surface area (Å²) in [6.07, 6.45) is 0.996. The van der Waals surface area contributed by atoms with Gasteiger partial charge in [0.15, 0.2) is 0 Å². The van der Waals surface area contributed by atoms with E-state index in [0.717, 1.165) is 12.3 Å². The molecular formula is C7H6ClFINO2S. The second kappa shape index (κ2) is 4.19. The highest BCUT2D eigenvalue weighted by Gasteiger charge is 2.09. The molecule has 0 aliphatic carbocycles. The predicted octanol–water partition coefficient (Wildman–Crippen LogP) is 2.46. The predicted molar refractivity (Wildman–Crippen MR) is 62.6 cm³/mol. The largest absolute Gasteiger partial charge is 0.283 e. The zero-order chi connectivity index (χ0) is 10.9. The van der Waals surface area contributed by atoms with E-state index in [2.05, 4.69) is 4.72 Å². The molecule has 0 aromatic heterocycles. The zero-order valence-electron chi connectivity index (χ0n) is 7.01. The number of sulfonamides is 1. The Balaban J connectivity index is 3.17. The molecule has 0 bridgehead atoms. The fraction of sp³-hybridized carbons (Fsp3) is 0.143. The molecule has 3 nitrogen and oxygen atoms in total. The second-order valence-corrected chi connectivity index (χ2v) is 5.94. The van der Waals surface area contributed by atoms with Crippen molar-refractivity contribution in [1.82, 2.24) is 0 Å². The van der Waals surface area contributed by atoms with Crippen LogP contribution in [0.25, 0.3) is 0 Å². The smallest absolute Gasteiger partial charge is 0.229 e. The quantitative estimate of drug-likeness (QED) is 0.658. The number of halogens is 3. The fourth-order valence-electron chi connectivity index (χ4n) is 0.801. The summed E-state index contributed by atoms with van der Waals surface area (Å²) >= 11 is 7.36. The standard InChI is InChI=1S/C7H6ClFINO2S/c1-14(12,13)11-7-3-5(9)4(8)2-6(7)10/h2-3,11H,1H3. The van der Waals surface area contributed by atoms with E-state index < -0.39 is 15.8 Å². The number of rotatable bonds is 2. The normalized spacial score (nSPS) is 11.4. The molecule has 0 saturated carbocycles. The van der Waals surface area contributed by atoms with Crippen molar-refractivity contribution in [2.75, 3.05) is 11.0 Å². The highest BCUT2D eigenvalue weighted by molar-refractivity contribution is 14.1. The molecule has 14 heavy (non-hydrogen) atoms. The third kappa shape index (κ3) is 3.25. The van der Waals surface area contributed by atoms with Gasteiger partial charge in [-0.3, -0.25) is 4.72 Å². The van der Waals surface area contributed by atoms with Gasteiger partial charge in [-0.05, 0) is 28.7 Å². The lowest BCUT2D eigenvalue weighted by atomic mass is 10.3. The van der Waals surface area contributed by atoms with Crippen LogP contribution in [0.4, 0.5) is 10.1 Å². The molecule has 0 heterocycles. The first-order valence-corrected chi connectivity index (χ1v) is 6.77.